The smallest absolute Gasteiger partial charge is 0.295 e. The first-order chi connectivity index (χ1) is 16.5. The lowest BCUT2D eigenvalue weighted by Gasteiger charge is -2.25. The monoisotopic (exact) mass is 469 g/mol. The molecule has 1 N–H and O–H groups in total. The molecule has 34 heavy (non-hydrogen) atoms. The highest BCUT2D eigenvalue weighted by Gasteiger charge is 2.46. The van der Waals surface area contributed by atoms with E-state index in [1.165, 1.54) is 19.1 Å². The van der Waals surface area contributed by atoms with Crippen LogP contribution in [0.2, 0.25) is 0 Å². The molecule has 1 saturated heterocycles. The van der Waals surface area contributed by atoms with Crippen molar-refractivity contribution in [2.24, 2.45) is 0 Å². The SMILES string of the molecule is CCCOc1cccc(/C(O)=C2\C(=O)C(=O)N(CCOC)C2c2ccc(OCC)c(OC)c2)c1. The van der Waals surface area contributed by atoms with E-state index in [9.17, 15) is 14.7 Å². The fourth-order valence-corrected chi connectivity index (χ4v) is 3.88. The van der Waals surface area contributed by atoms with Crippen LogP contribution in [0.25, 0.3) is 5.76 Å². The number of hydrogen-bond donors (Lipinski definition) is 1. The van der Waals surface area contributed by atoms with E-state index >= 15 is 0 Å². The van der Waals surface area contributed by atoms with Gasteiger partial charge in [0.1, 0.15) is 11.5 Å². The molecule has 1 aliphatic heterocycles. The Morgan fingerprint density at radius 3 is 2.47 bits per heavy atom. The van der Waals surface area contributed by atoms with Crippen molar-refractivity contribution in [3.63, 3.8) is 0 Å². The van der Waals surface area contributed by atoms with Crippen LogP contribution in [0.5, 0.6) is 17.2 Å². The normalized spacial score (nSPS) is 17.2. The highest BCUT2D eigenvalue weighted by Crippen LogP contribution is 2.42. The average molecular weight is 470 g/mol. The van der Waals surface area contributed by atoms with E-state index in [0.717, 1.165) is 6.42 Å². The molecule has 0 saturated carbocycles. The maximum atomic E-state index is 13.1. The van der Waals surface area contributed by atoms with Crippen molar-refractivity contribution in [3.8, 4) is 17.2 Å². The highest BCUT2D eigenvalue weighted by molar-refractivity contribution is 6.46. The number of carbonyl (C=O) groups is 2. The van der Waals surface area contributed by atoms with Gasteiger partial charge in [0, 0.05) is 19.2 Å². The fraction of sp³-hybridized carbons (Fsp3) is 0.385. The summed E-state index contributed by atoms with van der Waals surface area (Å²) in [6.07, 6.45) is 0.834. The van der Waals surface area contributed by atoms with Gasteiger partial charge in [0.25, 0.3) is 11.7 Å². The molecular weight excluding hydrogens is 438 g/mol. The van der Waals surface area contributed by atoms with Crippen LogP contribution < -0.4 is 14.2 Å². The maximum absolute atomic E-state index is 13.1. The molecule has 0 bridgehead atoms. The number of ether oxygens (including phenoxy) is 4. The lowest BCUT2D eigenvalue weighted by atomic mass is 9.95. The number of nitrogens with zero attached hydrogens (tertiary/aromatic N) is 1. The largest absolute Gasteiger partial charge is 0.507 e. The van der Waals surface area contributed by atoms with Gasteiger partial charge in [-0.25, -0.2) is 0 Å². The van der Waals surface area contributed by atoms with Gasteiger partial charge in [-0.05, 0) is 43.2 Å². The first-order valence-corrected chi connectivity index (χ1v) is 11.3. The molecular formula is C26H31NO7. The summed E-state index contributed by atoms with van der Waals surface area (Å²) in [4.78, 5) is 27.5. The number of ketones is 1. The Balaban J connectivity index is 2.14. The Morgan fingerprint density at radius 1 is 1.00 bits per heavy atom. The second-order valence-electron chi connectivity index (χ2n) is 7.70. The van der Waals surface area contributed by atoms with Crippen molar-refractivity contribution < 1.29 is 33.6 Å². The number of aliphatic hydroxyl groups excluding tert-OH is 1. The van der Waals surface area contributed by atoms with E-state index < -0.39 is 17.7 Å². The number of likely N-dealkylation sites (tertiary alicyclic amines) is 1. The Bertz CT molecular complexity index is 1060. The minimum atomic E-state index is -0.819. The summed E-state index contributed by atoms with van der Waals surface area (Å²) in [5.41, 5.74) is 0.997. The van der Waals surface area contributed by atoms with Crippen LogP contribution in [0.4, 0.5) is 0 Å². The van der Waals surface area contributed by atoms with E-state index in [2.05, 4.69) is 0 Å². The lowest BCUT2D eigenvalue weighted by molar-refractivity contribution is -0.140. The number of hydrogen-bond acceptors (Lipinski definition) is 7. The summed E-state index contributed by atoms with van der Waals surface area (Å²) in [6.45, 7) is 5.26. The van der Waals surface area contributed by atoms with Gasteiger partial charge in [0.05, 0.1) is 38.5 Å². The molecule has 1 heterocycles. The van der Waals surface area contributed by atoms with E-state index in [0.29, 0.717) is 41.6 Å². The molecule has 2 aromatic rings. The summed E-state index contributed by atoms with van der Waals surface area (Å²) in [5.74, 6) is -0.145. The van der Waals surface area contributed by atoms with Gasteiger partial charge in [0.15, 0.2) is 11.5 Å². The Morgan fingerprint density at radius 2 is 1.79 bits per heavy atom. The number of amides is 1. The van der Waals surface area contributed by atoms with E-state index in [1.54, 1.807) is 42.5 Å². The number of aliphatic hydroxyl groups is 1. The standard InChI is InChI=1S/C26H31NO7/c1-5-13-34-19-9-7-8-18(15-19)24(28)22-23(27(12-14-31-3)26(30)25(22)29)17-10-11-20(33-6-2)21(16-17)32-4/h7-11,15-16,23,28H,5-6,12-14H2,1-4H3/b24-22+. The first-order valence-electron chi connectivity index (χ1n) is 11.3. The molecule has 8 heteroatoms. The Hall–Kier alpha value is -3.52. The number of methoxy groups -OCH3 is 2. The first kappa shape index (κ1) is 25.1. The minimum Gasteiger partial charge on any atom is -0.507 e. The van der Waals surface area contributed by atoms with Crippen LogP contribution in [0.1, 0.15) is 37.4 Å². The molecule has 0 aliphatic carbocycles. The molecule has 2 aromatic carbocycles. The summed E-state index contributed by atoms with van der Waals surface area (Å²) in [5, 5.41) is 11.2. The third kappa shape index (κ3) is 5.17. The van der Waals surface area contributed by atoms with Crippen molar-refractivity contribution in [1.29, 1.82) is 0 Å². The third-order valence-corrected chi connectivity index (χ3v) is 5.46. The second-order valence-corrected chi connectivity index (χ2v) is 7.70. The van der Waals surface area contributed by atoms with Crippen molar-refractivity contribution >= 4 is 17.4 Å². The Kier molecular flexibility index (Phi) is 8.54. The van der Waals surface area contributed by atoms with Crippen LogP contribution in [0.3, 0.4) is 0 Å². The zero-order valence-corrected chi connectivity index (χ0v) is 20.0. The summed E-state index contributed by atoms with van der Waals surface area (Å²) in [7, 11) is 3.04. The van der Waals surface area contributed by atoms with Crippen molar-refractivity contribution in [3.05, 3.63) is 59.2 Å². The van der Waals surface area contributed by atoms with Gasteiger partial charge in [-0.3, -0.25) is 9.59 Å². The zero-order chi connectivity index (χ0) is 24.7. The quantitative estimate of drug-likeness (QED) is 0.302. The van der Waals surface area contributed by atoms with Gasteiger partial charge < -0.3 is 29.0 Å². The predicted octanol–water partition coefficient (Wildman–Crippen LogP) is 3.95. The predicted molar refractivity (Wildman–Crippen MR) is 127 cm³/mol. The highest BCUT2D eigenvalue weighted by atomic mass is 16.5. The Labute approximate surface area is 199 Å². The van der Waals surface area contributed by atoms with Crippen molar-refractivity contribution in [2.75, 3.05) is 40.6 Å². The summed E-state index contributed by atoms with van der Waals surface area (Å²) in [6, 6.07) is 11.2. The van der Waals surface area contributed by atoms with E-state index in [1.807, 2.05) is 13.8 Å². The van der Waals surface area contributed by atoms with Gasteiger partial charge in [-0.15, -0.1) is 0 Å². The molecule has 182 valence electrons. The van der Waals surface area contributed by atoms with Gasteiger partial charge in [0.2, 0.25) is 0 Å². The molecule has 1 unspecified atom stereocenters. The van der Waals surface area contributed by atoms with Crippen LogP contribution in [-0.4, -0.2) is 62.3 Å². The fourth-order valence-electron chi connectivity index (χ4n) is 3.88. The minimum absolute atomic E-state index is 0.0000393. The number of rotatable bonds is 11. The third-order valence-electron chi connectivity index (χ3n) is 5.46. The van der Waals surface area contributed by atoms with Crippen molar-refractivity contribution in [1.82, 2.24) is 4.90 Å². The van der Waals surface area contributed by atoms with Gasteiger partial charge in [-0.1, -0.05) is 25.1 Å². The number of Topliss-reactive ketones (excluding diaryl/α,β-unsaturated/α-hetero) is 1. The van der Waals surface area contributed by atoms with Gasteiger partial charge in [-0.2, -0.15) is 0 Å². The molecule has 1 atom stereocenters. The molecule has 0 spiro atoms. The number of benzene rings is 2. The molecule has 8 nitrogen and oxygen atoms in total. The molecule has 0 aromatic heterocycles. The summed E-state index contributed by atoms with van der Waals surface area (Å²) >= 11 is 0. The molecule has 3 rings (SSSR count). The zero-order valence-electron chi connectivity index (χ0n) is 20.0. The molecule has 1 fully saturated rings. The van der Waals surface area contributed by atoms with E-state index in [-0.39, 0.29) is 24.5 Å². The van der Waals surface area contributed by atoms with E-state index in [4.69, 9.17) is 18.9 Å². The molecule has 1 amide bonds. The number of carbonyl (C=O) groups excluding carboxylic acids is 2. The van der Waals surface area contributed by atoms with Crippen LogP contribution >= 0.6 is 0 Å². The lowest BCUT2D eigenvalue weighted by Crippen LogP contribution is -2.32. The summed E-state index contributed by atoms with van der Waals surface area (Å²) < 4.78 is 21.9. The van der Waals surface area contributed by atoms with Gasteiger partial charge >= 0.3 is 0 Å². The average Bonchev–Trinajstić information content (AvgIpc) is 3.11. The second kappa shape index (κ2) is 11.6. The van der Waals surface area contributed by atoms with Crippen LogP contribution in [-0.2, 0) is 14.3 Å². The van der Waals surface area contributed by atoms with Crippen molar-refractivity contribution in [2.45, 2.75) is 26.3 Å². The maximum Gasteiger partial charge on any atom is 0.295 e. The topological polar surface area (TPSA) is 94.5 Å². The molecule has 1 aliphatic rings. The molecule has 0 radical (unpaired) electrons. The van der Waals surface area contributed by atoms with Crippen LogP contribution in [0, 0.1) is 0 Å². The van der Waals surface area contributed by atoms with Crippen LogP contribution in [0.15, 0.2) is 48.0 Å².